The fourth-order valence-corrected chi connectivity index (χ4v) is 4.07. The highest BCUT2D eigenvalue weighted by molar-refractivity contribution is 5.92. The SMILES string of the molecule is Cc1c(-c2ccc(C(C)(C)C)cc2)ccc(N)c1C=NC(CC(C)C)c1ccc(C=O)cc1. The second kappa shape index (κ2) is 10.2. The first-order chi connectivity index (χ1) is 15.6. The van der Waals surface area contributed by atoms with E-state index in [0.717, 1.165) is 35.1 Å². The summed E-state index contributed by atoms with van der Waals surface area (Å²) in [6, 6.07) is 20.6. The van der Waals surface area contributed by atoms with E-state index in [1.807, 2.05) is 36.5 Å². The number of hydrogen-bond donors (Lipinski definition) is 1. The van der Waals surface area contributed by atoms with E-state index < -0.39 is 0 Å². The molecule has 1 unspecified atom stereocenters. The van der Waals surface area contributed by atoms with Gasteiger partial charge in [0.15, 0.2) is 0 Å². The number of aliphatic imine (C=N–C) groups is 1. The van der Waals surface area contributed by atoms with Crippen molar-refractivity contribution in [3.63, 3.8) is 0 Å². The highest BCUT2D eigenvalue weighted by Crippen LogP contribution is 2.32. The third-order valence-corrected chi connectivity index (χ3v) is 6.15. The number of nitrogens with zero attached hydrogens (tertiary/aromatic N) is 1. The predicted octanol–water partition coefficient (Wildman–Crippen LogP) is 7.56. The van der Waals surface area contributed by atoms with Crippen LogP contribution in [0.5, 0.6) is 0 Å². The van der Waals surface area contributed by atoms with Gasteiger partial charge in [-0.15, -0.1) is 0 Å². The topological polar surface area (TPSA) is 55.4 Å². The molecule has 0 aliphatic rings. The van der Waals surface area contributed by atoms with Gasteiger partial charge in [-0.25, -0.2) is 0 Å². The van der Waals surface area contributed by atoms with Crippen molar-refractivity contribution in [2.45, 2.75) is 59.4 Å². The lowest BCUT2D eigenvalue weighted by atomic mass is 9.85. The maximum atomic E-state index is 11.0. The minimum atomic E-state index is 0.0132. The first-order valence-electron chi connectivity index (χ1n) is 11.7. The molecule has 0 aliphatic heterocycles. The lowest BCUT2D eigenvalue weighted by molar-refractivity contribution is 0.112. The van der Waals surface area contributed by atoms with Crippen LogP contribution in [-0.2, 0) is 5.41 Å². The Hall–Kier alpha value is -3.20. The molecule has 3 rings (SSSR count). The number of benzene rings is 3. The molecule has 0 bridgehead atoms. The molecule has 0 saturated carbocycles. The highest BCUT2D eigenvalue weighted by atomic mass is 16.1. The molecular weight excluding hydrogens is 404 g/mol. The number of carbonyl (C=O) groups excluding carboxylic acids is 1. The summed E-state index contributed by atoms with van der Waals surface area (Å²) in [6.07, 6.45) is 3.72. The molecule has 3 aromatic carbocycles. The van der Waals surface area contributed by atoms with E-state index in [1.54, 1.807) is 0 Å². The zero-order valence-corrected chi connectivity index (χ0v) is 20.7. The van der Waals surface area contributed by atoms with Crippen molar-refractivity contribution in [2.75, 3.05) is 5.73 Å². The predicted molar refractivity (Wildman–Crippen MR) is 141 cm³/mol. The maximum absolute atomic E-state index is 11.0. The summed E-state index contributed by atoms with van der Waals surface area (Å²) in [7, 11) is 0. The van der Waals surface area contributed by atoms with Gasteiger partial charge >= 0.3 is 0 Å². The van der Waals surface area contributed by atoms with Crippen molar-refractivity contribution < 1.29 is 4.79 Å². The molecule has 2 N–H and O–H groups in total. The van der Waals surface area contributed by atoms with Crippen LogP contribution in [0.2, 0.25) is 0 Å². The lowest BCUT2D eigenvalue weighted by Crippen LogP contribution is -2.10. The molecule has 0 heterocycles. The van der Waals surface area contributed by atoms with E-state index in [0.29, 0.717) is 11.5 Å². The molecule has 1 atom stereocenters. The van der Waals surface area contributed by atoms with Crippen LogP contribution in [0.4, 0.5) is 5.69 Å². The van der Waals surface area contributed by atoms with Gasteiger partial charge < -0.3 is 5.73 Å². The lowest BCUT2D eigenvalue weighted by Gasteiger charge is -2.20. The molecule has 0 spiro atoms. The molecule has 0 amide bonds. The van der Waals surface area contributed by atoms with Gasteiger partial charge in [0.05, 0.1) is 6.04 Å². The summed E-state index contributed by atoms with van der Waals surface area (Å²) >= 11 is 0. The van der Waals surface area contributed by atoms with Crippen molar-refractivity contribution in [3.8, 4) is 11.1 Å². The second-order valence-electron chi connectivity index (χ2n) is 10.3. The van der Waals surface area contributed by atoms with E-state index in [-0.39, 0.29) is 11.5 Å². The number of aldehydes is 1. The second-order valence-corrected chi connectivity index (χ2v) is 10.3. The molecule has 0 aromatic heterocycles. The summed E-state index contributed by atoms with van der Waals surface area (Å²) in [4.78, 5) is 16.0. The average Bonchev–Trinajstić information content (AvgIpc) is 2.77. The standard InChI is InChI=1S/C30H36N2O/c1-20(2)17-29(24-9-7-22(19-33)8-10-24)32-18-27-21(3)26(15-16-28(27)31)23-11-13-25(14-12-23)30(4,5)6/h7-16,18-20,29H,17,31H2,1-6H3. The number of anilines is 1. The third kappa shape index (κ3) is 5.98. The van der Waals surface area contributed by atoms with Gasteiger partial charge in [-0.05, 0) is 58.6 Å². The quantitative estimate of drug-likeness (QED) is 0.234. The third-order valence-electron chi connectivity index (χ3n) is 6.15. The zero-order chi connectivity index (χ0) is 24.2. The van der Waals surface area contributed by atoms with Crippen LogP contribution >= 0.6 is 0 Å². The van der Waals surface area contributed by atoms with E-state index >= 15 is 0 Å². The van der Waals surface area contributed by atoms with Crippen molar-refractivity contribution in [1.29, 1.82) is 0 Å². The average molecular weight is 441 g/mol. The van der Waals surface area contributed by atoms with Crippen molar-refractivity contribution in [3.05, 3.63) is 88.5 Å². The molecule has 0 radical (unpaired) electrons. The number of rotatable bonds is 7. The van der Waals surface area contributed by atoms with Crippen LogP contribution < -0.4 is 5.73 Å². The monoisotopic (exact) mass is 440 g/mol. The number of hydrogen-bond acceptors (Lipinski definition) is 3. The van der Waals surface area contributed by atoms with Crippen LogP contribution in [0.1, 0.15) is 79.7 Å². The molecule has 33 heavy (non-hydrogen) atoms. The van der Waals surface area contributed by atoms with Gasteiger partial charge in [-0.2, -0.15) is 0 Å². The van der Waals surface area contributed by atoms with Gasteiger partial charge in [0.25, 0.3) is 0 Å². The first-order valence-corrected chi connectivity index (χ1v) is 11.7. The van der Waals surface area contributed by atoms with Crippen molar-refractivity contribution in [2.24, 2.45) is 10.9 Å². The Morgan fingerprint density at radius 3 is 2.12 bits per heavy atom. The smallest absolute Gasteiger partial charge is 0.150 e. The van der Waals surface area contributed by atoms with E-state index in [9.17, 15) is 4.79 Å². The molecule has 172 valence electrons. The van der Waals surface area contributed by atoms with Crippen molar-refractivity contribution in [1.82, 2.24) is 0 Å². The van der Waals surface area contributed by atoms with E-state index in [1.165, 1.54) is 16.7 Å². The highest BCUT2D eigenvalue weighted by Gasteiger charge is 2.15. The molecule has 3 heteroatoms. The maximum Gasteiger partial charge on any atom is 0.150 e. The first kappa shape index (κ1) is 24.4. The van der Waals surface area contributed by atoms with Crippen molar-refractivity contribution >= 4 is 18.2 Å². The minimum absolute atomic E-state index is 0.0132. The van der Waals surface area contributed by atoms with Gasteiger partial charge in [-0.1, -0.05) is 89.2 Å². The largest absolute Gasteiger partial charge is 0.398 e. The molecule has 3 aromatic rings. The van der Waals surface area contributed by atoms with Gasteiger partial charge in [0, 0.05) is 23.0 Å². The summed E-state index contributed by atoms with van der Waals surface area (Å²) in [6.45, 7) is 13.2. The molecule has 0 aliphatic carbocycles. The van der Waals surface area contributed by atoms with Gasteiger partial charge in [0.1, 0.15) is 6.29 Å². The van der Waals surface area contributed by atoms with Crippen LogP contribution in [0.25, 0.3) is 11.1 Å². The van der Waals surface area contributed by atoms with Crippen LogP contribution in [0.3, 0.4) is 0 Å². The Balaban J connectivity index is 1.96. The van der Waals surface area contributed by atoms with E-state index in [4.69, 9.17) is 10.7 Å². The molecule has 3 nitrogen and oxygen atoms in total. The number of nitrogen functional groups attached to an aromatic ring is 1. The summed E-state index contributed by atoms with van der Waals surface area (Å²) in [5.74, 6) is 0.490. The number of nitrogens with two attached hydrogens (primary N) is 1. The molecular formula is C30H36N2O. The Kier molecular flexibility index (Phi) is 7.53. The zero-order valence-electron chi connectivity index (χ0n) is 20.7. The Labute approximate surface area is 198 Å². The fourth-order valence-electron chi connectivity index (χ4n) is 4.07. The van der Waals surface area contributed by atoms with E-state index in [2.05, 4.69) is 71.9 Å². The normalized spacial score (nSPS) is 12.9. The molecule has 0 fully saturated rings. The van der Waals surface area contributed by atoms with Gasteiger partial charge in [0.2, 0.25) is 0 Å². The van der Waals surface area contributed by atoms with Gasteiger partial charge in [-0.3, -0.25) is 9.79 Å². The molecule has 0 saturated heterocycles. The Bertz CT molecular complexity index is 1120. The minimum Gasteiger partial charge on any atom is -0.398 e. The van der Waals surface area contributed by atoms with Crippen LogP contribution in [0.15, 0.2) is 65.7 Å². The fraction of sp³-hybridized carbons (Fsp3) is 0.333. The Morgan fingerprint density at radius 1 is 0.939 bits per heavy atom. The van der Waals surface area contributed by atoms with Crippen LogP contribution in [0, 0.1) is 12.8 Å². The number of carbonyl (C=O) groups is 1. The summed E-state index contributed by atoms with van der Waals surface area (Å²) in [5, 5.41) is 0. The van der Waals surface area contributed by atoms with Crippen LogP contribution in [-0.4, -0.2) is 12.5 Å². The summed E-state index contributed by atoms with van der Waals surface area (Å²) < 4.78 is 0. The Morgan fingerprint density at radius 2 is 1.58 bits per heavy atom. The summed E-state index contributed by atoms with van der Waals surface area (Å²) in [5.41, 5.74) is 14.8.